The monoisotopic (exact) mass is 259 g/mol. The number of nitrogens with one attached hydrogen (secondary N) is 2. The van der Waals surface area contributed by atoms with E-state index < -0.39 is 0 Å². The van der Waals surface area contributed by atoms with Crippen LogP contribution in [-0.2, 0) is 0 Å². The van der Waals surface area contributed by atoms with Crippen LogP contribution in [0.4, 0.5) is 0 Å². The van der Waals surface area contributed by atoms with Gasteiger partial charge in [0.25, 0.3) is 5.91 Å². The van der Waals surface area contributed by atoms with E-state index in [-0.39, 0.29) is 11.7 Å². The maximum atomic E-state index is 11.6. The van der Waals surface area contributed by atoms with E-state index in [0.29, 0.717) is 17.0 Å². The van der Waals surface area contributed by atoms with Gasteiger partial charge in [-0.25, -0.2) is 5.43 Å². The Morgan fingerprint density at radius 1 is 1.47 bits per heavy atom. The lowest BCUT2D eigenvalue weighted by Crippen LogP contribution is -2.17. The highest BCUT2D eigenvalue weighted by atomic mass is 16.5. The molecule has 0 aliphatic heterocycles. The van der Waals surface area contributed by atoms with Gasteiger partial charge >= 0.3 is 0 Å². The molecule has 0 bridgehead atoms. The number of amides is 1. The van der Waals surface area contributed by atoms with E-state index >= 15 is 0 Å². The van der Waals surface area contributed by atoms with Crippen LogP contribution in [0, 0.1) is 0 Å². The molecule has 0 fully saturated rings. The number of hydrazone groups is 1. The summed E-state index contributed by atoms with van der Waals surface area (Å²) in [5.74, 6) is 0.289. The Kier molecular flexibility index (Phi) is 3.82. The molecule has 0 radical (unpaired) electrons. The lowest BCUT2D eigenvalue weighted by molar-refractivity contribution is 0.0951. The number of rotatable bonds is 4. The van der Waals surface area contributed by atoms with E-state index in [0.717, 1.165) is 0 Å². The smallest absolute Gasteiger partial charge is 0.287 e. The second-order valence-corrected chi connectivity index (χ2v) is 3.71. The molecule has 6 nitrogen and oxygen atoms in total. The Labute approximate surface area is 109 Å². The van der Waals surface area contributed by atoms with Crippen molar-refractivity contribution >= 4 is 12.1 Å². The molecule has 0 aliphatic rings. The van der Waals surface area contributed by atoms with Crippen LogP contribution < -0.4 is 10.2 Å². The molecule has 1 aromatic heterocycles. The van der Waals surface area contributed by atoms with Crippen molar-refractivity contribution in [3.63, 3.8) is 0 Å². The predicted octanol–water partition coefficient (Wildman–Crippen LogP) is 1.49. The first kappa shape index (κ1) is 12.7. The van der Waals surface area contributed by atoms with Gasteiger partial charge in [-0.1, -0.05) is 0 Å². The zero-order valence-electron chi connectivity index (χ0n) is 10.3. The summed E-state index contributed by atoms with van der Waals surface area (Å²) in [6.45, 7) is 0. The van der Waals surface area contributed by atoms with Crippen LogP contribution in [-0.4, -0.2) is 29.3 Å². The first-order valence-corrected chi connectivity index (χ1v) is 5.54. The molecule has 2 aromatic rings. The van der Waals surface area contributed by atoms with Gasteiger partial charge < -0.3 is 14.8 Å². The predicted molar refractivity (Wildman–Crippen MR) is 70.5 cm³/mol. The van der Waals surface area contributed by atoms with Gasteiger partial charge in [0.05, 0.1) is 13.3 Å². The van der Waals surface area contributed by atoms with E-state index in [2.05, 4.69) is 15.5 Å². The minimum absolute atomic E-state index is 0.0543. The van der Waals surface area contributed by atoms with E-state index in [4.69, 9.17) is 4.74 Å². The van der Waals surface area contributed by atoms with E-state index in [1.165, 1.54) is 19.4 Å². The number of aromatic amines is 1. The van der Waals surface area contributed by atoms with Crippen LogP contribution in [0.2, 0.25) is 0 Å². The molecule has 19 heavy (non-hydrogen) atoms. The molecule has 0 spiro atoms. The number of aromatic hydroxyl groups is 1. The van der Waals surface area contributed by atoms with Crippen molar-refractivity contribution in [2.45, 2.75) is 0 Å². The highest BCUT2D eigenvalue weighted by Gasteiger charge is 2.04. The van der Waals surface area contributed by atoms with Gasteiger partial charge in [-0.15, -0.1) is 0 Å². The topological polar surface area (TPSA) is 86.7 Å². The molecular weight excluding hydrogens is 246 g/mol. The number of phenols is 1. The molecule has 6 heteroatoms. The van der Waals surface area contributed by atoms with Crippen molar-refractivity contribution < 1.29 is 14.6 Å². The fourth-order valence-electron chi connectivity index (χ4n) is 1.46. The number of phenolic OH excluding ortho intramolecular Hbond substituents is 1. The summed E-state index contributed by atoms with van der Waals surface area (Å²) in [5.41, 5.74) is 3.20. The normalized spacial score (nSPS) is 10.6. The number of nitrogens with zero attached hydrogens (tertiary/aromatic N) is 1. The van der Waals surface area contributed by atoms with E-state index in [9.17, 15) is 9.90 Å². The summed E-state index contributed by atoms with van der Waals surface area (Å²) < 4.78 is 5.03. The van der Waals surface area contributed by atoms with Crippen LogP contribution in [0.3, 0.4) is 0 Å². The highest BCUT2D eigenvalue weighted by Crippen LogP contribution is 2.20. The van der Waals surface area contributed by atoms with Gasteiger partial charge in [-0.2, -0.15) is 5.10 Å². The second-order valence-electron chi connectivity index (χ2n) is 3.71. The molecule has 3 N–H and O–H groups in total. The molecular formula is C13H13N3O3. The Hall–Kier alpha value is -2.76. The first-order chi connectivity index (χ1) is 9.20. The van der Waals surface area contributed by atoms with Gasteiger partial charge in [-0.3, -0.25) is 4.79 Å². The number of H-pyrrole nitrogens is 1. The number of carbonyl (C=O) groups is 1. The van der Waals surface area contributed by atoms with Crippen molar-refractivity contribution in [2.24, 2.45) is 5.10 Å². The van der Waals surface area contributed by atoms with Gasteiger partial charge in [0.1, 0.15) is 17.2 Å². The highest BCUT2D eigenvalue weighted by molar-refractivity contribution is 5.93. The zero-order valence-corrected chi connectivity index (χ0v) is 10.3. The summed E-state index contributed by atoms with van der Waals surface area (Å²) >= 11 is 0. The van der Waals surface area contributed by atoms with Crippen LogP contribution in [0.5, 0.6) is 11.5 Å². The van der Waals surface area contributed by atoms with Crippen molar-refractivity contribution in [3.05, 3.63) is 47.8 Å². The maximum absolute atomic E-state index is 11.6. The van der Waals surface area contributed by atoms with Crippen LogP contribution in [0.25, 0.3) is 0 Å². The quantitative estimate of drug-likeness (QED) is 0.574. The minimum atomic E-state index is -0.358. The summed E-state index contributed by atoms with van der Waals surface area (Å²) in [6, 6.07) is 8.08. The third-order valence-electron chi connectivity index (χ3n) is 2.45. The average molecular weight is 259 g/mol. The summed E-state index contributed by atoms with van der Waals surface area (Å²) in [5, 5.41) is 13.4. The Balaban J connectivity index is 2.05. The number of methoxy groups -OCH3 is 1. The zero-order chi connectivity index (χ0) is 13.7. The molecule has 0 aliphatic carbocycles. The van der Waals surface area contributed by atoms with Gasteiger partial charge in [0.2, 0.25) is 0 Å². The molecule has 1 aromatic carbocycles. The summed E-state index contributed by atoms with van der Waals surface area (Å²) in [4.78, 5) is 14.3. The molecule has 0 saturated heterocycles. The third-order valence-corrected chi connectivity index (χ3v) is 2.45. The number of aromatic nitrogens is 1. The number of hydrogen-bond donors (Lipinski definition) is 3. The van der Waals surface area contributed by atoms with Gasteiger partial charge in [0, 0.05) is 11.8 Å². The Morgan fingerprint density at radius 2 is 2.32 bits per heavy atom. The van der Waals surface area contributed by atoms with Crippen molar-refractivity contribution in [1.82, 2.24) is 10.4 Å². The summed E-state index contributed by atoms with van der Waals surface area (Å²) in [6.07, 6.45) is 2.99. The largest absolute Gasteiger partial charge is 0.507 e. The third kappa shape index (κ3) is 3.12. The molecule has 0 unspecified atom stereocenters. The van der Waals surface area contributed by atoms with Gasteiger partial charge in [-0.05, 0) is 30.3 Å². The maximum Gasteiger partial charge on any atom is 0.287 e. The van der Waals surface area contributed by atoms with Gasteiger partial charge in [0.15, 0.2) is 0 Å². The lowest BCUT2D eigenvalue weighted by atomic mass is 10.2. The van der Waals surface area contributed by atoms with Crippen LogP contribution in [0.15, 0.2) is 41.6 Å². The number of ether oxygens (including phenoxy) is 1. The molecule has 98 valence electrons. The Bertz CT molecular complexity index is 591. The first-order valence-electron chi connectivity index (χ1n) is 5.54. The van der Waals surface area contributed by atoms with Crippen molar-refractivity contribution in [2.75, 3.05) is 7.11 Å². The fraction of sp³-hybridized carbons (Fsp3) is 0.0769. The SMILES string of the molecule is COc1ccc(O)c(/C=N/NC(=O)c2ccc[nH]2)c1. The van der Waals surface area contributed by atoms with Crippen LogP contribution >= 0.6 is 0 Å². The fourth-order valence-corrected chi connectivity index (χ4v) is 1.46. The molecule has 1 amide bonds. The Morgan fingerprint density at radius 3 is 3.00 bits per heavy atom. The van der Waals surface area contributed by atoms with Crippen molar-refractivity contribution in [3.8, 4) is 11.5 Å². The van der Waals surface area contributed by atoms with E-state index in [1.807, 2.05) is 0 Å². The van der Waals surface area contributed by atoms with E-state index in [1.54, 1.807) is 30.5 Å². The lowest BCUT2D eigenvalue weighted by Gasteiger charge is -2.03. The van der Waals surface area contributed by atoms with Crippen LogP contribution in [0.1, 0.15) is 16.1 Å². The minimum Gasteiger partial charge on any atom is -0.507 e. The number of benzene rings is 1. The molecule has 1 heterocycles. The molecule has 2 rings (SSSR count). The standard InChI is InChI=1S/C13H13N3O3/c1-19-10-4-5-12(17)9(7-10)8-15-16-13(18)11-3-2-6-14-11/h2-8,14,17H,1H3,(H,16,18)/b15-8+. The second kappa shape index (κ2) is 5.72. The van der Waals surface area contributed by atoms with Crippen molar-refractivity contribution in [1.29, 1.82) is 0 Å². The molecule has 0 saturated carbocycles. The molecule has 0 atom stereocenters. The summed E-state index contributed by atoms with van der Waals surface area (Å²) in [7, 11) is 1.53. The number of carbonyl (C=O) groups excluding carboxylic acids is 1. The number of hydrogen-bond acceptors (Lipinski definition) is 4. The average Bonchev–Trinajstić information content (AvgIpc) is 2.95.